The summed E-state index contributed by atoms with van der Waals surface area (Å²) >= 11 is 1.49. The number of anilines is 2. The maximum atomic E-state index is 13.5. The Balaban J connectivity index is 1.69. The van der Waals surface area contributed by atoms with Crippen LogP contribution in [0.2, 0.25) is 0 Å². The number of ether oxygens (including phenoxy) is 2. The van der Waals surface area contributed by atoms with Crippen LogP contribution in [0, 0.1) is 0 Å². The zero-order valence-electron chi connectivity index (χ0n) is 20.7. The molecule has 1 heterocycles. The van der Waals surface area contributed by atoms with Crippen LogP contribution >= 0.6 is 11.3 Å². The van der Waals surface area contributed by atoms with E-state index in [9.17, 15) is 9.59 Å². The standard InChI is InChI=1S/C29H30N2O4S/c1-4-12-21-20-15-10-11-16-26(20)36-27(21)29(33)31-23-18-24(34-5-2)22(17-25(23)35-6-3)30-28(32)19-13-8-7-9-14-19/h7-11,13-18H,4-6,12H2,1-3H3,(H,30,32)(H,31,33). The van der Waals surface area contributed by atoms with Crippen LogP contribution in [0.25, 0.3) is 10.1 Å². The number of nitrogens with one attached hydrogen (secondary N) is 2. The molecule has 3 aromatic carbocycles. The van der Waals surface area contributed by atoms with Crippen molar-refractivity contribution in [2.24, 2.45) is 0 Å². The molecule has 0 bridgehead atoms. The highest BCUT2D eigenvalue weighted by Crippen LogP contribution is 2.39. The molecule has 2 amide bonds. The van der Waals surface area contributed by atoms with Crippen molar-refractivity contribution in [2.75, 3.05) is 23.8 Å². The SMILES string of the molecule is CCCc1c(C(=O)Nc2cc(OCC)c(NC(=O)c3ccccc3)cc2OCC)sc2ccccc12. The van der Waals surface area contributed by atoms with E-state index in [2.05, 4.69) is 23.6 Å². The highest BCUT2D eigenvalue weighted by Gasteiger charge is 2.21. The lowest BCUT2D eigenvalue weighted by molar-refractivity contribution is 0.101. The topological polar surface area (TPSA) is 76.7 Å². The fourth-order valence-corrected chi connectivity index (χ4v) is 5.20. The summed E-state index contributed by atoms with van der Waals surface area (Å²) in [6.45, 7) is 6.64. The van der Waals surface area contributed by atoms with Crippen molar-refractivity contribution in [3.05, 3.63) is 82.7 Å². The first-order valence-corrected chi connectivity index (χ1v) is 13.0. The first-order valence-electron chi connectivity index (χ1n) is 12.2. The lowest BCUT2D eigenvalue weighted by Gasteiger charge is -2.18. The third-order valence-electron chi connectivity index (χ3n) is 5.62. The summed E-state index contributed by atoms with van der Waals surface area (Å²) in [5.74, 6) is 0.455. The molecule has 36 heavy (non-hydrogen) atoms. The Bertz CT molecular complexity index is 1360. The van der Waals surface area contributed by atoms with Gasteiger partial charge in [-0.15, -0.1) is 11.3 Å². The van der Waals surface area contributed by atoms with E-state index in [1.54, 1.807) is 24.3 Å². The third kappa shape index (κ3) is 5.52. The van der Waals surface area contributed by atoms with Gasteiger partial charge in [0, 0.05) is 22.4 Å². The van der Waals surface area contributed by atoms with Crippen molar-refractivity contribution in [1.82, 2.24) is 0 Å². The van der Waals surface area contributed by atoms with Gasteiger partial charge in [-0.25, -0.2) is 0 Å². The van der Waals surface area contributed by atoms with Crippen molar-refractivity contribution in [3.63, 3.8) is 0 Å². The third-order valence-corrected chi connectivity index (χ3v) is 6.83. The quantitative estimate of drug-likeness (QED) is 0.241. The second kappa shape index (κ2) is 11.7. The molecule has 7 heteroatoms. The highest BCUT2D eigenvalue weighted by atomic mass is 32.1. The van der Waals surface area contributed by atoms with E-state index < -0.39 is 0 Å². The van der Waals surface area contributed by atoms with Crippen LogP contribution in [0.1, 0.15) is 52.8 Å². The van der Waals surface area contributed by atoms with Gasteiger partial charge in [-0.1, -0.05) is 49.7 Å². The Kier molecular flexibility index (Phi) is 8.23. The van der Waals surface area contributed by atoms with Crippen LogP contribution < -0.4 is 20.1 Å². The molecule has 4 rings (SSSR count). The monoisotopic (exact) mass is 502 g/mol. The van der Waals surface area contributed by atoms with Gasteiger partial charge in [0.25, 0.3) is 11.8 Å². The van der Waals surface area contributed by atoms with Crippen molar-refractivity contribution >= 4 is 44.6 Å². The molecule has 0 spiro atoms. The Hall–Kier alpha value is -3.84. The summed E-state index contributed by atoms with van der Waals surface area (Å²) in [6.07, 6.45) is 1.76. The summed E-state index contributed by atoms with van der Waals surface area (Å²) in [4.78, 5) is 27.0. The van der Waals surface area contributed by atoms with Gasteiger partial charge in [0.1, 0.15) is 11.5 Å². The molecule has 0 radical (unpaired) electrons. The molecule has 1 aromatic heterocycles. The number of carbonyl (C=O) groups excluding carboxylic acids is 2. The van der Waals surface area contributed by atoms with Crippen molar-refractivity contribution in [2.45, 2.75) is 33.6 Å². The summed E-state index contributed by atoms with van der Waals surface area (Å²) in [6, 6.07) is 20.5. The molecule has 0 atom stereocenters. The molecule has 0 saturated heterocycles. The van der Waals surface area contributed by atoms with Gasteiger partial charge in [0.2, 0.25) is 0 Å². The van der Waals surface area contributed by atoms with Crippen LogP contribution in [0.3, 0.4) is 0 Å². The molecule has 2 N–H and O–H groups in total. The minimum absolute atomic E-state index is 0.191. The number of thiophene rings is 1. The summed E-state index contributed by atoms with van der Waals surface area (Å²) < 4.78 is 12.8. The number of hydrogen-bond acceptors (Lipinski definition) is 5. The predicted octanol–water partition coefficient (Wildman–Crippen LogP) is 7.16. The van der Waals surface area contributed by atoms with Crippen molar-refractivity contribution in [3.8, 4) is 11.5 Å². The zero-order valence-corrected chi connectivity index (χ0v) is 21.5. The molecule has 0 aliphatic heterocycles. The minimum atomic E-state index is -0.259. The maximum Gasteiger partial charge on any atom is 0.266 e. The fourth-order valence-electron chi connectivity index (χ4n) is 4.05. The summed E-state index contributed by atoms with van der Waals surface area (Å²) in [7, 11) is 0. The molecule has 4 aromatic rings. The van der Waals surface area contributed by atoms with E-state index in [4.69, 9.17) is 9.47 Å². The Labute approximate surface area is 215 Å². The fraction of sp³-hybridized carbons (Fsp3) is 0.241. The van der Waals surface area contributed by atoms with Gasteiger partial charge >= 0.3 is 0 Å². The van der Waals surface area contributed by atoms with Gasteiger partial charge < -0.3 is 20.1 Å². The highest BCUT2D eigenvalue weighted by molar-refractivity contribution is 7.21. The molecular formula is C29H30N2O4S. The number of amides is 2. The molecule has 0 saturated carbocycles. The van der Waals surface area contributed by atoms with Gasteiger partial charge in [0.15, 0.2) is 0 Å². The Morgan fingerprint density at radius 3 is 1.97 bits per heavy atom. The smallest absolute Gasteiger partial charge is 0.266 e. The summed E-state index contributed by atoms with van der Waals surface area (Å²) in [5, 5.41) is 7.07. The Morgan fingerprint density at radius 2 is 1.36 bits per heavy atom. The average molecular weight is 503 g/mol. The average Bonchev–Trinajstić information content (AvgIpc) is 3.26. The maximum absolute atomic E-state index is 13.5. The number of rotatable bonds is 10. The van der Waals surface area contributed by atoms with Crippen molar-refractivity contribution in [1.29, 1.82) is 0 Å². The number of benzene rings is 3. The first-order chi connectivity index (χ1) is 17.5. The number of hydrogen-bond donors (Lipinski definition) is 2. The molecule has 186 valence electrons. The van der Waals surface area contributed by atoms with Crippen LogP contribution in [0.5, 0.6) is 11.5 Å². The lowest BCUT2D eigenvalue weighted by Crippen LogP contribution is -2.16. The number of aryl methyl sites for hydroxylation is 1. The van der Waals surface area contributed by atoms with E-state index in [1.807, 2.05) is 50.2 Å². The molecule has 0 fully saturated rings. The molecule has 0 aliphatic rings. The van der Waals surface area contributed by atoms with Crippen LogP contribution in [0.4, 0.5) is 11.4 Å². The molecule has 0 unspecified atom stereocenters. The van der Waals surface area contributed by atoms with Gasteiger partial charge in [-0.05, 0) is 49.4 Å². The van der Waals surface area contributed by atoms with Gasteiger partial charge in [0.05, 0.1) is 29.5 Å². The van der Waals surface area contributed by atoms with E-state index in [0.717, 1.165) is 28.5 Å². The van der Waals surface area contributed by atoms with Gasteiger partial charge in [-0.2, -0.15) is 0 Å². The van der Waals surface area contributed by atoms with Crippen LogP contribution in [-0.4, -0.2) is 25.0 Å². The van der Waals surface area contributed by atoms with E-state index in [0.29, 0.717) is 46.5 Å². The van der Waals surface area contributed by atoms with Crippen LogP contribution in [-0.2, 0) is 6.42 Å². The van der Waals surface area contributed by atoms with Gasteiger partial charge in [-0.3, -0.25) is 9.59 Å². The molecule has 6 nitrogen and oxygen atoms in total. The molecule has 0 aliphatic carbocycles. The van der Waals surface area contributed by atoms with E-state index in [-0.39, 0.29) is 11.8 Å². The van der Waals surface area contributed by atoms with Crippen LogP contribution in [0.15, 0.2) is 66.7 Å². The largest absolute Gasteiger partial charge is 0.492 e. The normalized spacial score (nSPS) is 10.8. The Morgan fingerprint density at radius 1 is 0.778 bits per heavy atom. The van der Waals surface area contributed by atoms with E-state index in [1.165, 1.54) is 11.3 Å². The number of fused-ring (bicyclic) bond motifs is 1. The summed E-state index contributed by atoms with van der Waals surface area (Å²) in [5.41, 5.74) is 2.55. The van der Waals surface area contributed by atoms with E-state index >= 15 is 0 Å². The lowest BCUT2D eigenvalue weighted by atomic mass is 10.1. The second-order valence-corrected chi connectivity index (χ2v) is 9.19. The minimum Gasteiger partial charge on any atom is -0.492 e. The molecular weight excluding hydrogens is 472 g/mol. The zero-order chi connectivity index (χ0) is 25.5. The first kappa shape index (κ1) is 25.3. The predicted molar refractivity (Wildman–Crippen MR) is 147 cm³/mol. The number of carbonyl (C=O) groups is 2. The van der Waals surface area contributed by atoms with Crippen molar-refractivity contribution < 1.29 is 19.1 Å². The second-order valence-electron chi connectivity index (χ2n) is 8.14.